The SMILES string of the molecule is CCc1ccc(C(C(=O)NCc2ccccc2)N(CC#N)C(=O)CNC(=O)OC(C)(C)C)cc1. The standard InChI is InChI=1S/C26H32N4O4/c1-5-19-11-13-21(14-12-19)23(24(32)28-17-20-9-7-6-8-10-20)30(16-15-27)22(31)18-29-25(33)34-26(2,3)4/h6-14,23H,5,16-18H2,1-4H3,(H,28,32)(H,29,33). The highest BCUT2D eigenvalue weighted by Crippen LogP contribution is 2.22. The Morgan fingerprint density at radius 2 is 1.65 bits per heavy atom. The molecule has 0 radical (unpaired) electrons. The summed E-state index contributed by atoms with van der Waals surface area (Å²) < 4.78 is 5.17. The van der Waals surface area contributed by atoms with Gasteiger partial charge in [-0.1, -0.05) is 61.5 Å². The molecular formula is C26H32N4O4. The van der Waals surface area contributed by atoms with Gasteiger partial charge in [-0.2, -0.15) is 5.26 Å². The van der Waals surface area contributed by atoms with Gasteiger partial charge >= 0.3 is 6.09 Å². The molecule has 8 heteroatoms. The Bertz CT molecular complexity index is 1010. The van der Waals surface area contributed by atoms with Crippen LogP contribution in [-0.2, 0) is 27.3 Å². The molecule has 1 atom stereocenters. The van der Waals surface area contributed by atoms with Crippen molar-refractivity contribution in [3.05, 3.63) is 71.3 Å². The van der Waals surface area contributed by atoms with E-state index in [0.717, 1.165) is 17.5 Å². The third-order valence-corrected chi connectivity index (χ3v) is 4.92. The van der Waals surface area contributed by atoms with Gasteiger partial charge in [0.05, 0.1) is 6.07 Å². The van der Waals surface area contributed by atoms with Crippen LogP contribution in [0.25, 0.3) is 0 Å². The van der Waals surface area contributed by atoms with Crippen molar-refractivity contribution in [2.45, 2.75) is 52.3 Å². The summed E-state index contributed by atoms with van der Waals surface area (Å²) in [4.78, 5) is 39.5. The maximum Gasteiger partial charge on any atom is 0.408 e. The van der Waals surface area contributed by atoms with Gasteiger partial charge in [0, 0.05) is 6.54 Å². The van der Waals surface area contributed by atoms with Gasteiger partial charge in [0.1, 0.15) is 24.7 Å². The molecule has 0 spiro atoms. The van der Waals surface area contributed by atoms with Crippen LogP contribution in [0.5, 0.6) is 0 Å². The number of aryl methyl sites for hydroxylation is 1. The first-order chi connectivity index (χ1) is 16.1. The number of hydrogen-bond donors (Lipinski definition) is 2. The third-order valence-electron chi connectivity index (χ3n) is 4.92. The minimum atomic E-state index is -1.04. The Kier molecular flexibility index (Phi) is 9.62. The summed E-state index contributed by atoms with van der Waals surface area (Å²) in [7, 11) is 0. The molecule has 8 nitrogen and oxygen atoms in total. The van der Waals surface area contributed by atoms with Crippen LogP contribution in [0, 0.1) is 11.3 Å². The van der Waals surface area contributed by atoms with Crippen LogP contribution < -0.4 is 10.6 Å². The minimum absolute atomic E-state index is 0.272. The average Bonchev–Trinajstić information content (AvgIpc) is 2.81. The van der Waals surface area contributed by atoms with Crippen molar-refractivity contribution in [2.75, 3.05) is 13.1 Å². The Balaban J connectivity index is 2.26. The second-order valence-corrected chi connectivity index (χ2v) is 8.74. The highest BCUT2D eigenvalue weighted by atomic mass is 16.6. The Morgan fingerprint density at radius 1 is 1.00 bits per heavy atom. The van der Waals surface area contributed by atoms with Crippen LogP contribution in [0.2, 0.25) is 0 Å². The van der Waals surface area contributed by atoms with E-state index < -0.39 is 36.1 Å². The fourth-order valence-corrected chi connectivity index (χ4v) is 3.25. The first-order valence-electron chi connectivity index (χ1n) is 11.2. The maximum atomic E-state index is 13.3. The lowest BCUT2D eigenvalue weighted by Crippen LogP contribution is -2.47. The van der Waals surface area contributed by atoms with Crippen LogP contribution in [0.4, 0.5) is 4.79 Å². The zero-order chi connectivity index (χ0) is 25.1. The summed E-state index contributed by atoms with van der Waals surface area (Å²) in [5.41, 5.74) is 1.83. The molecule has 0 saturated heterocycles. The number of carbonyl (C=O) groups excluding carboxylic acids is 3. The zero-order valence-electron chi connectivity index (χ0n) is 20.1. The summed E-state index contributed by atoms with van der Waals surface area (Å²) >= 11 is 0. The van der Waals surface area contributed by atoms with Crippen molar-refractivity contribution >= 4 is 17.9 Å². The zero-order valence-corrected chi connectivity index (χ0v) is 20.1. The van der Waals surface area contributed by atoms with Gasteiger partial charge in [0.15, 0.2) is 0 Å². The summed E-state index contributed by atoms with van der Waals surface area (Å²) in [5, 5.41) is 14.7. The molecule has 2 N–H and O–H groups in total. The topological polar surface area (TPSA) is 112 Å². The predicted octanol–water partition coefficient (Wildman–Crippen LogP) is 3.48. The number of nitriles is 1. The van der Waals surface area contributed by atoms with Crippen molar-refractivity contribution in [1.82, 2.24) is 15.5 Å². The molecule has 1 unspecified atom stereocenters. The smallest absolute Gasteiger partial charge is 0.408 e. The molecule has 0 aliphatic carbocycles. The van der Waals surface area contributed by atoms with Gasteiger partial charge in [-0.15, -0.1) is 0 Å². The molecule has 0 aliphatic heterocycles. The number of nitrogens with one attached hydrogen (secondary N) is 2. The summed E-state index contributed by atoms with van der Waals surface area (Å²) in [6.07, 6.45) is 0.0707. The molecule has 0 saturated carbocycles. The van der Waals surface area contributed by atoms with Crippen LogP contribution >= 0.6 is 0 Å². The monoisotopic (exact) mass is 464 g/mol. The maximum absolute atomic E-state index is 13.3. The highest BCUT2D eigenvalue weighted by molar-refractivity contribution is 5.90. The molecule has 2 aromatic rings. The van der Waals surface area contributed by atoms with E-state index in [9.17, 15) is 19.6 Å². The van der Waals surface area contributed by atoms with E-state index >= 15 is 0 Å². The van der Waals surface area contributed by atoms with Crippen molar-refractivity contribution in [1.29, 1.82) is 5.26 Å². The average molecular weight is 465 g/mol. The van der Waals surface area contributed by atoms with Crippen LogP contribution in [0.15, 0.2) is 54.6 Å². The number of ether oxygens (including phenoxy) is 1. The first kappa shape index (κ1) is 26.4. The molecule has 180 valence electrons. The van der Waals surface area contributed by atoms with E-state index in [1.165, 1.54) is 4.90 Å². The molecule has 0 fully saturated rings. The van der Waals surface area contributed by atoms with Gasteiger partial charge in [0.2, 0.25) is 11.8 Å². The predicted molar refractivity (Wildman–Crippen MR) is 128 cm³/mol. The Labute approximate surface area is 200 Å². The molecule has 2 rings (SSSR count). The van der Waals surface area contributed by atoms with E-state index in [0.29, 0.717) is 5.56 Å². The summed E-state index contributed by atoms with van der Waals surface area (Å²) in [5.74, 6) is -0.999. The molecule has 0 bridgehead atoms. The van der Waals surface area contributed by atoms with E-state index in [1.807, 2.05) is 55.5 Å². The number of amides is 3. The van der Waals surface area contributed by atoms with Gasteiger partial charge in [-0.3, -0.25) is 9.59 Å². The number of carbonyl (C=O) groups is 3. The fraction of sp³-hybridized carbons (Fsp3) is 0.385. The summed E-state index contributed by atoms with van der Waals surface area (Å²) in [6.45, 7) is 6.69. The van der Waals surface area contributed by atoms with Crippen LogP contribution in [0.3, 0.4) is 0 Å². The van der Waals surface area contributed by atoms with Crippen LogP contribution in [0.1, 0.15) is 50.4 Å². The van der Waals surface area contributed by atoms with Gasteiger partial charge in [0.25, 0.3) is 0 Å². The first-order valence-corrected chi connectivity index (χ1v) is 11.2. The highest BCUT2D eigenvalue weighted by Gasteiger charge is 2.31. The van der Waals surface area contributed by atoms with Crippen molar-refractivity contribution in [3.8, 4) is 6.07 Å². The normalized spacial score (nSPS) is 11.6. The number of alkyl carbamates (subject to hydrolysis) is 1. The Hall–Kier alpha value is -3.86. The minimum Gasteiger partial charge on any atom is -0.444 e. The third kappa shape index (κ3) is 8.24. The second-order valence-electron chi connectivity index (χ2n) is 8.74. The van der Waals surface area contributed by atoms with E-state index in [1.54, 1.807) is 32.9 Å². The van der Waals surface area contributed by atoms with Crippen molar-refractivity contribution < 1.29 is 19.1 Å². The molecule has 0 heterocycles. The molecular weight excluding hydrogens is 432 g/mol. The Morgan fingerprint density at radius 3 is 2.21 bits per heavy atom. The molecule has 3 amide bonds. The molecule has 0 aliphatic rings. The number of hydrogen-bond acceptors (Lipinski definition) is 5. The van der Waals surface area contributed by atoms with E-state index in [4.69, 9.17) is 4.74 Å². The second kappa shape index (κ2) is 12.4. The van der Waals surface area contributed by atoms with Crippen molar-refractivity contribution in [2.24, 2.45) is 0 Å². The summed E-state index contributed by atoms with van der Waals surface area (Å²) in [6, 6.07) is 17.7. The van der Waals surface area contributed by atoms with Crippen molar-refractivity contribution in [3.63, 3.8) is 0 Å². The van der Waals surface area contributed by atoms with Gasteiger partial charge < -0.3 is 20.3 Å². The molecule has 34 heavy (non-hydrogen) atoms. The van der Waals surface area contributed by atoms with E-state index in [2.05, 4.69) is 10.6 Å². The van der Waals surface area contributed by atoms with Gasteiger partial charge in [-0.05, 0) is 43.9 Å². The molecule has 0 aromatic heterocycles. The number of benzene rings is 2. The van der Waals surface area contributed by atoms with Gasteiger partial charge in [-0.25, -0.2) is 4.79 Å². The quantitative estimate of drug-likeness (QED) is 0.552. The molecule has 2 aromatic carbocycles. The lowest BCUT2D eigenvalue weighted by Gasteiger charge is -2.30. The number of rotatable bonds is 9. The lowest BCUT2D eigenvalue weighted by molar-refractivity contribution is -0.139. The number of nitrogens with zero attached hydrogens (tertiary/aromatic N) is 2. The van der Waals surface area contributed by atoms with Crippen LogP contribution in [-0.4, -0.2) is 41.5 Å². The largest absolute Gasteiger partial charge is 0.444 e. The van der Waals surface area contributed by atoms with E-state index in [-0.39, 0.29) is 13.1 Å². The fourth-order valence-electron chi connectivity index (χ4n) is 3.25. The lowest BCUT2D eigenvalue weighted by atomic mass is 10.0.